The molecule has 158 valence electrons. The predicted octanol–water partition coefficient (Wildman–Crippen LogP) is 3.69. The molecule has 8 nitrogen and oxygen atoms in total. The molecule has 0 aliphatic carbocycles. The maximum Gasteiger partial charge on any atom is 0.420 e. The van der Waals surface area contributed by atoms with Gasteiger partial charge in [0.15, 0.2) is 5.58 Å². The van der Waals surface area contributed by atoms with Gasteiger partial charge in [-0.05, 0) is 54.6 Å². The smallest absolute Gasteiger partial charge is 0.408 e. The van der Waals surface area contributed by atoms with E-state index in [0.29, 0.717) is 27.5 Å². The van der Waals surface area contributed by atoms with Crippen molar-refractivity contribution in [2.45, 2.75) is 11.4 Å². The van der Waals surface area contributed by atoms with E-state index in [1.165, 1.54) is 34.9 Å². The third kappa shape index (κ3) is 4.62. The average Bonchev–Trinajstić information content (AvgIpc) is 3.03. The fourth-order valence-corrected chi connectivity index (χ4v) is 4.23. The summed E-state index contributed by atoms with van der Waals surface area (Å²) < 4.78 is 33.8. The molecular weight excluding hydrogens is 442 g/mol. The van der Waals surface area contributed by atoms with Gasteiger partial charge in [-0.25, -0.2) is 13.2 Å². The Labute approximate surface area is 182 Å². The zero-order chi connectivity index (χ0) is 22.0. The van der Waals surface area contributed by atoms with Crippen molar-refractivity contribution in [2.75, 3.05) is 10.0 Å². The second kappa shape index (κ2) is 8.29. The lowest BCUT2D eigenvalue weighted by atomic mass is 10.3. The molecule has 1 aromatic heterocycles. The summed E-state index contributed by atoms with van der Waals surface area (Å²) in [6, 6.07) is 18.8. The number of hydrogen-bond donors (Lipinski definition) is 2. The molecule has 0 saturated carbocycles. The van der Waals surface area contributed by atoms with Crippen LogP contribution in [0, 0.1) is 0 Å². The summed E-state index contributed by atoms with van der Waals surface area (Å²) in [6.07, 6.45) is 0. The highest BCUT2D eigenvalue weighted by molar-refractivity contribution is 7.92. The zero-order valence-corrected chi connectivity index (χ0v) is 17.5. The Kier molecular flexibility index (Phi) is 5.53. The molecule has 0 fully saturated rings. The standard InChI is InChI=1S/C21H16ClN3O5S/c22-14-4-3-5-16(12-14)24-31(28,29)17-10-8-15(9-11-17)23-20(26)13-25-18-6-1-2-7-19(18)30-21(25)27/h1-12,24H,13H2,(H,23,26). The number of carbonyl (C=O) groups excluding carboxylic acids is 1. The Bertz CT molecular complexity index is 1430. The number of oxazole rings is 1. The van der Waals surface area contributed by atoms with Crippen LogP contribution in [0.1, 0.15) is 0 Å². The monoisotopic (exact) mass is 457 g/mol. The molecule has 3 aromatic carbocycles. The summed E-state index contributed by atoms with van der Waals surface area (Å²) >= 11 is 5.88. The number of aromatic nitrogens is 1. The van der Waals surface area contributed by atoms with Crippen LogP contribution in [0.25, 0.3) is 11.1 Å². The average molecular weight is 458 g/mol. The van der Waals surface area contributed by atoms with E-state index in [9.17, 15) is 18.0 Å². The number of benzene rings is 3. The maximum absolute atomic E-state index is 12.5. The number of para-hydroxylation sites is 2. The quantitative estimate of drug-likeness (QED) is 0.458. The summed E-state index contributed by atoms with van der Waals surface area (Å²) in [5.41, 5.74) is 1.62. The lowest BCUT2D eigenvalue weighted by molar-refractivity contribution is -0.116. The van der Waals surface area contributed by atoms with Crippen LogP contribution in [0.5, 0.6) is 0 Å². The van der Waals surface area contributed by atoms with E-state index in [2.05, 4.69) is 10.0 Å². The zero-order valence-electron chi connectivity index (χ0n) is 15.9. The number of amides is 1. The van der Waals surface area contributed by atoms with E-state index in [0.717, 1.165) is 0 Å². The van der Waals surface area contributed by atoms with E-state index < -0.39 is 21.7 Å². The van der Waals surface area contributed by atoms with Gasteiger partial charge in [0.25, 0.3) is 10.0 Å². The largest absolute Gasteiger partial charge is 0.420 e. The number of carbonyl (C=O) groups is 1. The highest BCUT2D eigenvalue weighted by Crippen LogP contribution is 2.21. The number of nitrogens with one attached hydrogen (secondary N) is 2. The molecule has 0 aliphatic rings. The van der Waals surface area contributed by atoms with Crippen LogP contribution in [0.15, 0.2) is 86.9 Å². The van der Waals surface area contributed by atoms with Crippen molar-refractivity contribution in [3.8, 4) is 0 Å². The van der Waals surface area contributed by atoms with Crippen LogP contribution in [0.3, 0.4) is 0 Å². The van der Waals surface area contributed by atoms with Crippen molar-refractivity contribution in [3.63, 3.8) is 0 Å². The van der Waals surface area contributed by atoms with Gasteiger partial charge in [0.1, 0.15) is 6.54 Å². The molecule has 1 amide bonds. The number of fused-ring (bicyclic) bond motifs is 1. The highest BCUT2D eigenvalue weighted by atomic mass is 35.5. The topological polar surface area (TPSA) is 110 Å². The second-order valence-corrected chi connectivity index (χ2v) is 8.73. The molecule has 0 bridgehead atoms. The fourth-order valence-electron chi connectivity index (χ4n) is 2.99. The van der Waals surface area contributed by atoms with Crippen molar-refractivity contribution < 1.29 is 17.6 Å². The number of nitrogens with zero attached hydrogens (tertiary/aromatic N) is 1. The van der Waals surface area contributed by atoms with Crippen LogP contribution in [0.4, 0.5) is 11.4 Å². The molecule has 4 aromatic rings. The predicted molar refractivity (Wildman–Crippen MR) is 118 cm³/mol. The van der Waals surface area contributed by atoms with Gasteiger partial charge in [0.05, 0.1) is 16.1 Å². The van der Waals surface area contributed by atoms with Gasteiger partial charge < -0.3 is 9.73 Å². The number of halogens is 1. The lowest BCUT2D eigenvalue weighted by Crippen LogP contribution is -2.24. The highest BCUT2D eigenvalue weighted by Gasteiger charge is 2.16. The van der Waals surface area contributed by atoms with Crippen LogP contribution >= 0.6 is 11.6 Å². The fraction of sp³-hybridized carbons (Fsp3) is 0.0476. The maximum atomic E-state index is 12.5. The minimum atomic E-state index is -3.83. The van der Waals surface area contributed by atoms with Crippen molar-refractivity contribution in [1.82, 2.24) is 4.57 Å². The van der Waals surface area contributed by atoms with Crippen molar-refractivity contribution >= 4 is 50.0 Å². The SMILES string of the molecule is O=C(Cn1c(=O)oc2ccccc21)Nc1ccc(S(=O)(=O)Nc2cccc(Cl)c2)cc1. The molecule has 31 heavy (non-hydrogen) atoms. The Morgan fingerprint density at radius 2 is 1.71 bits per heavy atom. The van der Waals surface area contributed by atoms with Crippen LogP contribution in [-0.2, 0) is 21.4 Å². The van der Waals surface area contributed by atoms with Crippen LogP contribution in [0.2, 0.25) is 5.02 Å². The van der Waals surface area contributed by atoms with Gasteiger partial charge >= 0.3 is 5.76 Å². The summed E-state index contributed by atoms with van der Waals surface area (Å²) in [7, 11) is -3.83. The molecule has 0 saturated heterocycles. The molecule has 0 atom stereocenters. The van der Waals surface area contributed by atoms with E-state index in [1.807, 2.05) is 0 Å². The van der Waals surface area contributed by atoms with Crippen molar-refractivity contribution in [1.29, 1.82) is 0 Å². The van der Waals surface area contributed by atoms with Crippen molar-refractivity contribution in [2.24, 2.45) is 0 Å². The van der Waals surface area contributed by atoms with Gasteiger partial charge in [0.2, 0.25) is 5.91 Å². The molecule has 0 unspecified atom stereocenters. The van der Waals surface area contributed by atoms with Crippen LogP contribution < -0.4 is 15.8 Å². The molecular formula is C21H16ClN3O5S. The van der Waals surface area contributed by atoms with E-state index in [-0.39, 0.29) is 11.4 Å². The Morgan fingerprint density at radius 1 is 0.968 bits per heavy atom. The molecule has 10 heteroatoms. The molecule has 0 radical (unpaired) electrons. The second-order valence-electron chi connectivity index (χ2n) is 6.61. The van der Waals surface area contributed by atoms with Gasteiger partial charge in [-0.3, -0.25) is 14.1 Å². The first-order valence-corrected chi connectivity index (χ1v) is 10.9. The number of anilines is 2. The number of rotatable bonds is 6. The van der Waals surface area contributed by atoms with E-state index in [4.69, 9.17) is 16.0 Å². The number of hydrogen-bond acceptors (Lipinski definition) is 5. The summed E-state index contributed by atoms with van der Waals surface area (Å²) in [5, 5.41) is 3.04. The molecule has 0 spiro atoms. The van der Waals surface area contributed by atoms with Gasteiger partial charge in [-0.15, -0.1) is 0 Å². The summed E-state index contributed by atoms with van der Waals surface area (Å²) in [5.74, 6) is -1.09. The number of sulfonamides is 1. The first kappa shape index (κ1) is 20.7. The Balaban J connectivity index is 1.46. The summed E-state index contributed by atoms with van der Waals surface area (Å²) in [6.45, 7) is -0.244. The first-order chi connectivity index (χ1) is 14.8. The van der Waals surface area contributed by atoms with E-state index >= 15 is 0 Å². The Morgan fingerprint density at radius 3 is 2.45 bits per heavy atom. The lowest BCUT2D eigenvalue weighted by Gasteiger charge is -2.10. The first-order valence-electron chi connectivity index (χ1n) is 9.08. The Hall–Kier alpha value is -3.56. The minimum absolute atomic E-state index is 0.0162. The molecule has 0 aliphatic heterocycles. The van der Waals surface area contributed by atoms with Gasteiger partial charge in [-0.1, -0.05) is 29.8 Å². The molecule has 1 heterocycles. The van der Waals surface area contributed by atoms with Crippen molar-refractivity contribution in [3.05, 3.63) is 88.4 Å². The van der Waals surface area contributed by atoms with Gasteiger partial charge in [0, 0.05) is 10.7 Å². The minimum Gasteiger partial charge on any atom is -0.408 e. The van der Waals surface area contributed by atoms with Gasteiger partial charge in [-0.2, -0.15) is 0 Å². The molecule has 2 N–H and O–H groups in total. The normalized spacial score (nSPS) is 11.4. The van der Waals surface area contributed by atoms with Crippen LogP contribution in [-0.4, -0.2) is 18.9 Å². The van der Waals surface area contributed by atoms with E-state index in [1.54, 1.807) is 42.5 Å². The third-order valence-electron chi connectivity index (χ3n) is 4.40. The summed E-state index contributed by atoms with van der Waals surface area (Å²) in [4.78, 5) is 24.4. The third-order valence-corrected chi connectivity index (χ3v) is 6.03. The molecule has 4 rings (SSSR count).